The summed E-state index contributed by atoms with van der Waals surface area (Å²) >= 11 is 5.88. The molecule has 8 heteroatoms. The Kier molecular flexibility index (Phi) is 6.15. The first-order valence-electron chi connectivity index (χ1n) is 6.27. The van der Waals surface area contributed by atoms with Crippen molar-refractivity contribution in [2.45, 2.75) is 24.8 Å². The van der Waals surface area contributed by atoms with Crippen molar-refractivity contribution in [3.05, 3.63) is 28.8 Å². The van der Waals surface area contributed by atoms with Gasteiger partial charge in [-0.2, -0.15) is 4.31 Å². The smallest absolute Gasteiger partial charge is 0.335 e. The third-order valence-corrected chi connectivity index (χ3v) is 5.06. The third-order valence-electron chi connectivity index (χ3n) is 2.72. The van der Waals surface area contributed by atoms with Gasteiger partial charge in [-0.25, -0.2) is 13.2 Å². The lowest BCUT2D eigenvalue weighted by molar-refractivity contribution is 0.0696. The van der Waals surface area contributed by atoms with E-state index in [1.807, 2.05) is 13.8 Å². The molecule has 0 radical (unpaired) electrons. The van der Waals surface area contributed by atoms with Crippen molar-refractivity contribution in [3.8, 4) is 0 Å². The third kappa shape index (κ3) is 4.67. The fraction of sp³-hybridized carbons (Fsp3) is 0.462. The molecule has 0 aliphatic carbocycles. The van der Waals surface area contributed by atoms with Gasteiger partial charge in [0.1, 0.15) is 4.90 Å². The van der Waals surface area contributed by atoms with Crippen LogP contribution in [0.25, 0.3) is 0 Å². The largest absolute Gasteiger partial charge is 0.478 e. The highest BCUT2D eigenvalue weighted by Crippen LogP contribution is 2.25. The predicted molar refractivity (Wildman–Crippen MR) is 79.3 cm³/mol. The summed E-state index contributed by atoms with van der Waals surface area (Å²) in [6.07, 6.45) is 0.0000281. The van der Waals surface area contributed by atoms with Gasteiger partial charge < -0.3 is 9.84 Å². The number of benzene rings is 1. The summed E-state index contributed by atoms with van der Waals surface area (Å²) < 4.78 is 31.2. The Morgan fingerprint density at radius 3 is 2.57 bits per heavy atom. The van der Waals surface area contributed by atoms with E-state index >= 15 is 0 Å². The van der Waals surface area contributed by atoms with Crippen molar-refractivity contribution >= 4 is 27.6 Å². The highest BCUT2D eigenvalue weighted by atomic mass is 35.5. The second-order valence-electron chi connectivity index (χ2n) is 4.70. The van der Waals surface area contributed by atoms with E-state index in [0.29, 0.717) is 0 Å². The van der Waals surface area contributed by atoms with Gasteiger partial charge in [0.25, 0.3) is 0 Å². The first-order chi connectivity index (χ1) is 9.66. The van der Waals surface area contributed by atoms with Gasteiger partial charge >= 0.3 is 5.97 Å². The number of aromatic carboxylic acids is 1. The standard InChI is InChI=1S/C13H18ClNO5S/c1-9(2)20-7-6-15(3)21(18,19)12-8-10(13(16)17)4-5-11(12)14/h4-5,8-9H,6-7H2,1-3H3,(H,16,17). The maximum Gasteiger partial charge on any atom is 0.335 e. The number of nitrogens with zero attached hydrogens (tertiary/aromatic N) is 1. The van der Waals surface area contributed by atoms with E-state index in [9.17, 15) is 13.2 Å². The SMILES string of the molecule is CC(C)OCCN(C)S(=O)(=O)c1cc(C(=O)O)ccc1Cl. The van der Waals surface area contributed by atoms with Gasteiger partial charge in [0.2, 0.25) is 10.0 Å². The predicted octanol–water partition coefficient (Wildman–Crippen LogP) is 2.08. The van der Waals surface area contributed by atoms with Crippen LogP contribution in [0.1, 0.15) is 24.2 Å². The zero-order valence-corrected chi connectivity index (χ0v) is 13.6. The molecule has 1 N–H and O–H groups in total. The van der Waals surface area contributed by atoms with E-state index in [4.69, 9.17) is 21.4 Å². The number of rotatable bonds is 7. The minimum Gasteiger partial charge on any atom is -0.478 e. The van der Waals surface area contributed by atoms with Crippen LogP contribution in [0.5, 0.6) is 0 Å². The Morgan fingerprint density at radius 1 is 1.43 bits per heavy atom. The molecule has 0 fully saturated rings. The van der Waals surface area contributed by atoms with Crippen molar-refractivity contribution in [3.63, 3.8) is 0 Å². The van der Waals surface area contributed by atoms with Crippen LogP contribution in [0, 0.1) is 0 Å². The zero-order valence-electron chi connectivity index (χ0n) is 12.0. The van der Waals surface area contributed by atoms with Gasteiger partial charge in [-0.1, -0.05) is 11.6 Å². The molecule has 0 heterocycles. The Labute approximate surface area is 129 Å². The molecule has 0 aliphatic rings. The van der Waals surface area contributed by atoms with Gasteiger partial charge in [-0.3, -0.25) is 0 Å². The first kappa shape index (κ1) is 17.9. The molecule has 0 saturated heterocycles. The molecule has 0 spiro atoms. The van der Waals surface area contributed by atoms with E-state index in [-0.39, 0.29) is 34.7 Å². The van der Waals surface area contributed by atoms with Crippen molar-refractivity contribution < 1.29 is 23.1 Å². The molecule has 118 valence electrons. The molecular weight excluding hydrogens is 318 g/mol. The van der Waals surface area contributed by atoms with E-state index in [2.05, 4.69) is 0 Å². The molecule has 0 amide bonds. The van der Waals surface area contributed by atoms with Gasteiger partial charge in [0, 0.05) is 13.6 Å². The number of likely N-dealkylation sites (N-methyl/N-ethyl adjacent to an activating group) is 1. The van der Waals surface area contributed by atoms with E-state index in [0.717, 1.165) is 10.4 Å². The highest BCUT2D eigenvalue weighted by molar-refractivity contribution is 7.89. The number of sulfonamides is 1. The summed E-state index contributed by atoms with van der Waals surface area (Å²) in [5, 5.41) is 8.92. The van der Waals surface area contributed by atoms with Crippen LogP contribution in [-0.2, 0) is 14.8 Å². The molecule has 0 aromatic heterocycles. The lowest BCUT2D eigenvalue weighted by Crippen LogP contribution is -2.31. The number of carboxylic acids is 1. The summed E-state index contributed by atoms with van der Waals surface area (Å²) in [5.41, 5.74) is -0.134. The summed E-state index contributed by atoms with van der Waals surface area (Å²) in [7, 11) is -2.47. The topological polar surface area (TPSA) is 83.9 Å². The molecule has 1 aromatic carbocycles. The van der Waals surface area contributed by atoms with Crippen LogP contribution in [0.4, 0.5) is 0 Å². The number of carbonyl (C=O) groups is 1. The number of hydrogen-bond donors (Lipinski definition) is 1. The molecule has 0 unspecified atom stereocenters. The second-order valence-corrected chi connectivity index (χ2v) is 7.12. The number of halogens is 1. The summed E-state index contributed by atoms with van der Waals surface area (Å²) in [5.74, 6) is -1.21. The molecule has 1 rings (SSSR count). The fourth-order valence-corrected chi connectivity index (χ4v) is 3.19. The van der Waals surface area contributed by atoms with Crippen LogP contribution in [0.15, 0.2) is 23.1 Å². The fourth-order valence-electron chi connectivity index (χ4n) is 1.54. The first-order valence-corrected chi connectivity index (χ1v) is 8.09. The Morgan fingerprint density at radius 2 is 2.05 bits per heavy atom. The lowest BCUT2D eigenvalue weighted by atomic mass is 10.2. The van der Waals surface area contributed by atoms with E-state index < -0.39 is 16.0 Å². The molecular formula is C13H18ClNO5S. The monoisotopic (exact) mass is 335 g/mol. The molecule has 0 bridgehead atoms. The van der Waals surface area contributed by atoms with Gasteiger partial charge in [0.15, 0.2) is 0 Å². The van der Waals surface area contributed by atoms with Gasteiger partial charge in [-0.05, 0) is 32.0 Å². The summed E-state index contributed by atoms with van der Waals surface area (Å²) in [6.45, 7) is 4.08. The number of ether oxygens (including phenoxy) is 1. The average molecular weight is 336 g/mol. The number of hydrogen-bond acceptors (Lipinski definition) is 4. The Hall–Kier alpha value is -1.15. The van der Waals surface area contributed by atoms with Crippen molar-refractivity contribution in [2.24, 2.45) is 0 Å². The molecule has 1 aromatic rings. The summed E-state index contributed by atoms with van der Waals surface area (Å²) in [6, 6.07) is 3.57. The molecule has 0 atom stereocenters. The lowest BCUT2D eigenvalue weighted by Gasteiger charge is -2.19. The summed E-state index contributed by atoms with van der Waals surface area (Å²) in [4.78, 5) is 10.7. The molecule has 0 aliphatic heterocycles. The van der Waals surface area contributed by atoms with Crippen molar-refractivity contribution in [1.29, 1.82) is 0 Å². The van der Waals surface area contributed by atoms with Crippen LogP contribution in [0.3, 0.4) is 0 Å². The Bertz CT molecular complexity index is 615. The second kappa shape index (κ2) is 7.22. The average Bonchev–Trinajstić information content (AvgIpc) is 2.37. The zero-order chi connectivity index (χ0) is 16.2. The minimum absolute atomic E-state index is 0.0000281. The van der Waals surface area contributed by atoms with Gasteiger partial charge in [-0.15, -0.1) is 0 Å². The quantitative estimate of drug-likeness (QED) is 0.824. The molecule has 21 heavy (non-hydrogen) atoms. The van der Waals surface area contributed by atoms with Crippen LogP contribution < -0.4 is 0 Å². The Balaban J connectivity index is 3.01. The van der Waals surface area contributed by atoms with Crippen LogP contribution in [-0.4, -0.2) is 50.1 Å². The van der Waals surface area contributed by atoms with E-state index in [1.54, 1.807) is 0 Å². The maximum atomic E-state index is 12.4. The highest BCUT2D eigenvalue weighted by Gasteiger charge is 2.24. The van der Waals surface area contributed by atoms with Crippen LogP contribution >= 0.6 is 11.6 Å². The van der Waals surface area contributed by atoms with Crippen molar-refractivity contribution in [1.82, 2.24) is 4.31 Å². The number of carboxylic acid groups (broad SMARTS) is 1. The van der Waals surface area contributed by atoms with E-state index in [1.165, 1.54) is 19.2 Å². The maximum absolute atomic E-state index is 12.4. The normalized spacial score (nSPS) is 12.1. The minimum atomic E-state index is -3.87. The van der Waals surface area contributed by atoms with Gasteiger partial charge in [0.05, 0.1) is 23.3 Å². The van der Waals surface area contributed by atoms with Crippen molar-refractivity contribution in [2.75, 3.05) is 20.2 Å². The molecule has 0 saturated carbocycles. The molecule has 6 nitrogen and oxygen atoms in total. The van der Waals surface area contributed by atoms with Crippen LogP contribution in [0.2, 0.25) is 5.02 Å².